The third-order valence-corrected chi connectivity index (χ3v) is 3.27. The number of esters is 1. The number of carbonyl (C=O) groups excluding carboxylic acids is 1. The van der Waals surface area contributed by atoms with Crippen molar-refractivity contribution in [3.8, 4) is 0 Å². The van der Waals surface area contributed by atoms with E-state index in [1.54, 1.807) is 6.07 Å². The Morgan fingerprint density at radius 1 is 1.00 bits per heavy atom. The average molecular weight is 335 g/mol. The number of alkyl halides is 3. The first-order chi connectivity index (χ1) is 11.3. The molecule has 1 heterocycles. The van der Waals surface area contributed by atoms with Crippen molar-refractivity contribution in [2.75, 3.05) is 0 Å². The molecule has 2 aromatic rings. The summed E-state index contributed by atoms with van der Waals surface area (Å²) < 4.78 is 56.1. The summed E-state index contributed by atoms with van der Waals surface area (Å²) in [6.07, 6.45) is -3.16. The van der Waals surface area contributed by atoms with E-state index >= 15 is 0 Å². The van der Waals surface area contributed by atoms with Crippen molar-refractivity contribution < 1.29 is 27.1 Å². The Labute approximate surface area is 133 Å². The Kier molecular flexibility index (Phi) is 3.92. The van der Waals surface area contributed by atoms with Crippen molar-refractivity contribution in [1.29, 1.82) is 0 Å². The number of aliphatic imine (C=N–C) groups is 1. The van der Waals surface area contributed by atoms with Gasteiger partial charge in [0.1, 0.15) is 5.82 Å². The number of halogens is 4. The monoisotopic (exact) mass is 335 g/mol. The second kappa shape index (κ2) is 5.92. The number of carbonyl (C=O) groups is 1. The van der Waals surface area contributed by atoms with Gasteiger partial charge in [0, 0.05) is 0 Å². The molecule has 0 unspecified atom stereocenters. The molecule has 0 aromatic heterocycles. The molecule has 0 saturated heterocycles. The van der Waals surface area contributed by atoms with Gasteiger partial charge in [-0.2, -0.15) is 13.2 Å². The molecule has 122 valence electrons. The Morgan fingerprint density at radius 3 is 2.29 bits per heavy atom. The maximum Gasteiger partial charge on any atom is 0.416 e. The Bertz CT molecular complexity index is 852. The third kappa shape index (κ3) is 3.19. The quantitative estimate of drug-likeness (QED) is 0.469. The van der Waals surface area contributed by atoms with Gasteiger partial charge in [0.15, 0.2) is 5.70 Å². The number of benzene rings is 2. The highest BCUT2D eigenvalue weighted by Crippen LogP contribution is 2.29. The molecule has 1 aliphatic heterocycles. The molecule has 0 aliphatic carbocycles. The van der Waals surface area contributed by atoms with Crippen LogP contribution in [0.5, 0.6) is 0 Å². The number of hydrogen-bond acceptors (Lipinski definition) is 3. The molecule has 3 rings (SSSR count). The largest absolute Gasteiger partial charge is 0.416 e. The lowest BCUT2D eigenvalue weighted by Crippen LogP contribution is -2.07. The summed E-state index contributed by atoms with van der Waals surface area (Å²) in [5, 5.41) is 0. The Hall–Kier alpha value is -2.96. The highest BCUT2D eigenvalue weighted by Gasteiger charge is 2.30. The molecule has 0 N–H and O–H groups in total. The zero-order chi connectivity index (χ0) is 17.3. The van der Waals surface area contributed by atoms with E-state index in [1.807, 2.05) is 0 Å². The predicted molar refractivity (Wildman–Crippen MR) is 78.5 cm³/mol. The third-order valence-electron chi connectivity index (χ3n) is 3.27. The normalized spacial score (nSPS) is 16.2. The molecule has 0 spiro atoms. The highest BCUT2D eigenvalue weighted by molar-refractivity contribution is 6.12. The first-order valence-corrected chi connectivity index (χ1v) is 6.79. The van der Waals surface area contributed by atoms with E-state index in [-0.39, 0.29) is 17.2 Å². The van der Waals surface area contributed by atoms with E-state index in [2.05, 4.69) is 4.99 Å². The van der Waals surface area contributed by atoms with Crippen molar-refractivity contribution >= 4 is 17.9 Å². The van der Waals surface area contributed by atoms with Crippen LogP contribution in [0.2, 0.25) is 0 Å². The van der Waals surface area contributed by atoms with Gasteiger partial charge in [-0.1, -0.05) is 24.3 Å². The van der Waals surface area contributed by atoms with E-state index in [0.29, 0.717) is 5.56 Å². The lowest BCUT2D eigenvalue weighted by atomic mass is 10.1. The van der Waals surface area contributed by atoms with Crippen molar-refractivity contribution in [3.05, 3.63) is 76.7 Å². The minimum absolute atomic E-state index is 0.0293. The fourth-order valence-corrected chi connectivity index (χ4v) is 2.09. The van der Waals surface area contributed by atoms with Crippen LogP contribution < -0.4 is 0 Å². The van der Waals surface area contributed by atoms with Crippen LogP contribution in [0.3, 0.4) is 0 Å². The van der Waals surface area contributed by atoms with Crippen LogP contribution in [0.4, 0.5) is 17.6 Å². The van der Waals surface area contributed by atoms with Crippen LogP contribution >= 0.6 is 0 Å². The number of hydrogen-bond donors (Lipinski definition) is 0. The van der Waals surface area contributed by atoms with Gasteiger partial charge in [-0.25, -0.2) is 14.2 Å². The van der Waals surface area contributed by atoms with Gasteiger partial charge in [0.2, 0.25) is 5.90 Å². The summed E-state index contributed by atoms with van der Waals surface area (Å²) in [4.78, 5) is 15.7. The van der Waals surface area contributed by atoms with Crippen molar-refractivity contribution in [2.45, 2.75) is 6.18 Å². The number of rotatable bonds is 2. The molecule has 0 atom stereocenters. The standard InChI is InChI=1S/C17H9F4NO2/c18-13-4-2-1-3-12(13)15-22-14(16(23)24-15)9-10-5-7-11(8-6-10)17(19,20)21/h1-9H. The smallest absolute Gasteiger partial charge is 0.402 e. The number of ether oxygens (including phenoxy) is 1. The van der Waals surface area contributed by atoms with E-state index in [0.717, 1.165) is 12.1 Å². The number of cyclic esters (lactones) is 1. The molecule has 7 heteroatoms. The van der Waals surface area contributed by atoms with Gasteiger partial charge in [-0.3, -0.25) is 0 Å². The SMILES string of the molecule is O=C1OC(c2ccccc2F)=NC1=Cc1ccc(C(F)(F)F)cc1. The van der Waals surface area contributed by atoms with E-state index in [9.17, 15) is 22.4 Å². The van der Waals surface area contributed by atoms with Crippen LogP contribution in [0.25, 0.3) is 6.08 Å². The second-order valence-corrected chi connectivity index (χ2v) is 4.94. The van der Waals surface area contributed by atoms with Gasteiger partial charge in [0.05, 0.1) is 11.1 Å². The van der Waals surface area contributed by atoms with Gasteiger partial charge in [-0.05, 0) is 35.9 Å². The molecule has 0 saturated carbocycles. The topological polar surface area (TPSA) is 38.7 Å². The summed E-state index contributed by atoms with van der Waals surface area (Å²) in [6.45, 7) is 0. The number of nitrogens with zero attached hydrogens (tertiary/aromatic N) is 1. The molecule has 0 fully saturated rings. The molecule has 0 amide bonds. The molecule has 3 nitrogen and oxygen atoms in total. The first-order valence-electron chi connectivity index (χ1n) is 6.79. The fourth-order valence-electron chi connectivity index (χ4n) is 2.09. The van der Waals surface area contributed by atoms with Crippen LogP contribution in [0.15, 0.2) is 59.2 Å². The molecule has 24 heavy (non-hydrogen) atoms. The maximum atomic E-state index is 13.7. The van der Waals surface area contributed by atoms with Crippen LogP contribution in [-0.4, -0.2) is 11.9 Å². The molecule has 2 aromatic carbocycles. The van der Waals surface area contributed by atoms with Crippen LogP contribution in [0.1, 0.15) is 16.7 Å². The lowest BCUT2D eigenvalue weighted by molar-refractivity contribution is -0.137. The molecular weight excluding hydrogens is 326 g/mol. The molecule has 1 aliphatic rings. The average Bonchev–Trinajstić information content (AvgIpc) is 2.88. The van der Waals surface area contributed by atoms with Gasteiger partial charge < -0.3 is 4.74 Å². The van der Waals surface area contributed by atoms with E-state index < -0.39 is 23.5 Å². The van der Waals surface area contributed by atoms with E-state index in [4.69, 9.17) is 4.74 Å². The second-order valence-electron chi connectivity index (χ2n) is 4.94. The first kappa shape index (κ1) is 15.9. The zero-order valence-corrected chi connectivity index (χ0v) is 12.0. The van der Waals surface area contributed by atoms with Crippen molar-refractivity contribution in [3.63, 3.8) is 0 Å². The van der Waals surface area contributed by atoms with E-state index in [1.165, 1.54) is 36.4 Å². The summed E-state index contributed by atoms with van der Waals surface area (Å²) in [5.74, 6) is -1.58. The van der Waals surface area contributed by atoms with Crippen molar-refractivity contribution in [1.82, 2.24) is 0 Å². The summed E-state index contributed by atoms with van der Waals surface area (Å²) in [6, 6.07) is 9.86. The van der Waals surface area contributed by atoms with Crippen LogP contribution in [0, 0.1) is 5.82 Å². The van der Waals surface area contributed by atoms with Gasteiger partial charge >= 0.3 is 12.1 Å². The minimum Gasteiger partial charge on any atom is -0.402 e. The van der Waals surface area contributed by atoms with Gasteiger partial charge in [0.25, 0.3) is 0 Å². The summed E-state index contributed by atoms with van der Waals surface area (Å²) >= 11 is 0. The molecule has 0 radical (unpaired) electrons. The molecular formula is C17H9F4NO2. The summed E-state index contributed by atoms with van der Waals surface area (Å²) in [7, 11) is 0. The fraction of sp³-hybridized carbons (Fsp3) is 0.0588. The minimum atomic E-state index is -4.44. The Balaban J connectivity index is 1.90. The highest BCUT2D eigenvalue weighted by atomic mass is 19.4. The predicted octanol–water partition coefficient (Wildman–Crippen LogP) is 4.19. The summed E-state index contributed by atoms with van der Waals surface area (Å²) in [5.41, 5.74) is -0.544. The Morgan fingerprint density at radius 2 is 1.67 bits per heavy atom. The van der Waals surface area contributed by atoms with Crippen molar-refractivity contribution in [2.24, 2.45) is 4.99 Å². The zero-order valence-electron chi connectivity index (χ0n) is 12.0. The van der Waals surface area contributed by atoms with Crippen LogP contribution in [-0.2, 0) is 15.7 Å². The van der Waals surface area contributed by atoms with Gasteiger partial charge in [-0.15, -0.1) is 0 Å². The maximum absolute atomic E-state index is 13.7. The lowest BCUT2D eigenvalue weighted by Gasteiger charge is -2.05. The molecule has 0 bridgehead atoms.